The van der Waals surface area contributed by atoms with Gasteiger partial charge in [-0.2, -0.15) is 0 Å². The van der Waals surface area contributed by atoms with Gasteiger partial charge in [0.25, 0.3) is 0 Å². The summed E-state index contributed by atoms with van der Waals surface area (Å²) in [6, 6.07) is 9.22. The van der Waals surface area contributed by atoms with E-state index in [4.69, 9.17) is 4.74 Å². The van der Waals surface area contributed by atoms with Crippen LogP contribution in [-0.2, 0) is 6.42 Å². The van der Waals surface area contributed by atoms with Crippen molar-refractivity contribution in [1.82, 2.24) is 10.3 Å². The van der Waals surface area contributed by atoms with Crippen LogP contribution in [0.4, 0.5) is 0 Å². The van der Waals surface area contributed by atoms with Crippen LogP contribution in [0.15, 0.2) is 36.7 Å². The molecule has 19 heavy (non-hydrogen) atoms. The lowest BCUT2D eigenvalue weighted by atomic mass is 10.0. The minimum absolute atomic E-state index is 0.507. The second-order valence-corrected chi connectivity index (χ2v) is 4.91. The molecule has 3 rings (SSSR count). The molecule has 1 N–H and O–H groups in total. The number of aromatic nitrogens is 1. The summed E-state index contributed by atoms with van der Waals surface area (Å²) in [5.41, 5.74) is 5.19. The summed E-state index contributed by atoms with van der Waals surface area (Å²) in [6.07, 6.45) is 5.94. The minimum Gasteiger partial charge on any atom is -0.495 e. The van der Waals surface area contributed by atoms with Crippen LogP contribution in [0.25, 0.3) is 11.1 Å². The zero-order chi connectivity index (χ0) is 13.2. The highest BCUT2D eigenvalue weighted by Gasteiger charge is 2.21. The van der Waals surface area contributed by atoms with E-state index < -0.39 is 0 Å². The summed E-state index contributed by atoms with van der Waals surface area (Å²) >= 11 is 0. The number of ether oxygens (including phenoxy) is 1. The van der Waals surface area contributed by atoms with Crippen molar-refractivity contribution in [3.05, 3.63) is 47.8 Å². The Labute approximate surface area is 113 Å². The Kier molecular flexibility index (Phi) is 3.22. The van der Waals surface area contributed by atoms with E-state index in [1.807, 2.05) is 19.3 Å². The van der Waals surface area contributed by atoms with Gasteiger partial charge in [-0.1, -0.05) is 18.2 Å². The summed E-state index contributed by atoms with van der Waals surface area (Å²) in [5, 5.41) is 3.37. The Bertz CT molecular complexity index is 595. The Morgan fingerprint density at radius 1 is 1.21 bits per heavy atom. The third-order valence-electron chi connectivity index (χ3n) is 3.85. The standard InChI is InChI=1S/C16H18N2O/c1-17-16-6-4-12-7-11(3-5-15(12)16)13-8-14(19-2)10-18-9-13/h3,5,7-10,16-17H,4,6H2,1-2H3. The van der Waals surface area contributed by atoms with Gasteiger partial charge in [0, 0.05) is 17.8 Å². The van der Waals surface area contributed by atoms with E-state index >= 15 is 0 Å². The van der Waals surface area contributed by atoms with E-state index in [1.54, 1.807) is 13.3 Å². The lowest BCUT2D eigenvalue weighted by molar-refractivity contribution is 0.413. The van der Waals surface area contributed by atoms with Crippen molar-refractivity contribution in [2.75, 3.05) is 14.2 Å². The third-order valence-corrected chi connectivity index (χ3v) is 3.85. The molecule has 0 saturated carbocycles. The van der Waals surface area contributed by atoms with Crippen LogP contribution in [0.3, 0.4) is 0 Å². The summed E-state index contributed by atoms with van der Waals surface area (Å²) < 4.78 is 5.23. The first-order valence-corrected chi connectivity index (χ1v) is 6.61. The zero-order valence-electron chi connectivity index (χ0n) is 11.3. The van der Waals surface area contributed by atoms with Gasteiger partial charge in [0.2, 0.25) is 0 Å². The molecule has 0 bridgehead atoms. The average Bonchev–Trinajstić information content (AvgIpc) is 2.89. The first kappa shape index (κ1) is 12.2. The fraction of sp³-hybridized carbons (Fsp3) is 0.312. The number of hydrogen-bond donors (Lipinski definition) is 1. The quantitative estimate of drug-likeness (QED) is 0.914. The summed E-state index contributed by atoms with van der Waals surface area (Å²) in [4.78, 5) is 4.22. The summed E-state index contributed by atoms with van der Waals surface area (Å²) in [5.74, 6) is 0.797. The highest BCUT2D eigenvalue weighted by molar-refractivity contribution is 5.66. The van der Waals surface area contributed by atoms with Crippen molar-refractivity contribution in [3.63, 3.8) is 0 Å². The molecule has 0 amide bonds. The molecule has 1 heterocycles. The molecule has 3 nitrogen and oxygen atoms in total. The lowest BCUT2D eigenvalue weighted by Crippen LogP contribution is -2.12. The lowest BCUT2D eigenvalue weighted by Gasteiger charge is -2.11. The monoisotopic (exact) mass is 254 g/mol. The van der Waals surface area contributed by atoms with Crippen LogP contribution >= 0.6 is 0 Å². The molecule has 1 aliphatic rings. The van der Waals surface area contributed by atoms with E-state index in [-0.39, 0.29) is 0 Å². The van der Waals surface area contributed by atoms with Gasteiger partial charge in [-0.3, -0.25) is 4.98 Å². The topological polar surface area (TPSA) is 34.2 Å². The smallest absolute Gasteiger partial charge is 0.137 e. The Hall–Kier alpha value is -1.87. The number of hydrogen-bond acceptors (Lipinski definition) is 3. The third kappa shape index (κ3) is 2.22. The van der Waals surface area contributed by atoms with Gasteiger partial charge in [0.05, 0.1) is 13.3 Å². The highest BCUT2D eigenvalue weighted by atomic mass is 16.5. The van der Waals surface area contributed by atoms with E-state index in [0.717, 1.165) is 17.7 Å². The first-order valence-electron chi connectivity index (χ1n) is 6.61. The number of methoxy groups -OCH3 is 1. The molecule has 98 valence electrons. The van der Waals surface area contributed by atoms with Gasteiger partial charge < -0.3 is 10.1 Å². The number of nitrogens with zero attached hydrogens (tertiary/aromatic N) is 1. The largest absolute Gasteiger partial charge is 0.495 e. The number of nitrogens with one attached hydrogen (secondary N) is 1. The molecule has 3 heteroatoms. The average molecular weight is 254 g/mol. The fourth-order valence-corrected chi connectivity index (χ4v) is 2.79. The summed E-state index contributed by atoms with van der Waals surface area (Å²) in [7, 11) is 3.70. The summed E-state index contributed by atoms with van der Waals surface area (Å²) in [6.45, 7) is 0. The second kappa shape index (κ2) is 5.02. The maximum atomic E-state index is 5.23. The fourth-order valence-electron chi connectivity index (χ4n) is 2.79. The Balaban J connectivity index is 1.98. The van der Waals surface area contributed by atoms with Crippen molar-refractivity contribution < 1.29 is 4.74 Å². The van der Waals surface area contributed by atoms with Crippen molar-refractivity contribution in [2.45, 2.75) is 18.9 Å². The molecule has 0 radical (unpaired) electrons. The van der Waals surface area contributed by atoms with Crippen LogP contribution < -0.4 is 10.1 Å². The predicted octanol–water partition coefficient (Wildman–Crippen LogP) is 2.96. The normalized spacial score (nSPS) is 17.3. The first-order chi connectivity index (χ1) is 9.31. The maximum Gasteiger partial charge on any atom is 0.137 e. The van der Waals surface area contributed by atoms with E-state index in [1.165, 1.54) is 23.1 Å². The molecule has 1 aromatic carbocycles. The van der Waals surface area contributed by atoms with E-state index in [0.29, 0.717) is 6.04 Å². The van der Waals surface area contributed by atoms with Gasteiger partial charge in [-0.15, -0.1) is 0 Å². The van der Waals surface area contributed by atoms with E-state index in [2.05, 4.69) is 28.5 Å². The maximum absolute atomic E-state index is 5.23. The molecule has 2 aromatic rings. The van der Waals surface area contributed by atoms with Crippen molar-refractivity contribution in [2.24, 2.45) is 0 Å². The highest BCUT2D eigenvalue weighted by Crippen LogP contribution is 2.34. The predicted molar refractivity (Wildman–Crippen MR) is 76.3 cm³/mol. The molecular formula is C16H18N2O. The molecule has 0 aliphatic heterocycles. The molecular weight excluding hydrogens is 236 g/mol. The van der Waals surface area contributed by atoms with Gasteiger partial charge in [0.15, 0.2) is 0 Å². The Morgan fingerprint density at radius 3 is 2.89 bits per heavy atom. The molecule has 1 unspecified atom stereocenters. The van der Waals surface area contributed by atoms with Crippen LogP contribution in [-0.4, -0.2) is 19.1 Å². The van der Waals surface area contributed by atoms with Crippen molar-refractivity contribution in [3.8, 4) is 16.9 Å². The van der Waals surface area contributed by atoms with Crippen LogP contribution in [0.1, 0.15) is 23.6 Å². The molecule has 1 atom stereocenters. The van der Waals surface area contributed by atoms with Crippen LogP contribution in [0, 0.1) is 0 Å². The molecule has 0 spiro atoms. The number of rotatable bonds is 3. The number of benzene rings is 1. The number of aryl methyl sites for hydroxylation is 1. The minimum atomic E-state index is 0.507. The van der Waals surface area contributed by atoms with Gasteiger partial charge in [0.1, 0.15) is 5.75 Å². The number of fused-ring (bicyclic) bond motifs is 1. The van der Waals surface area contributed by atoms with Crippen LogP contribution in [0.2, 0.25) is 0 Å². The molecule has 1 aliphatic carbocycles. The molecule has 1 aromatic heterocycles. The van der Waals surface area contributed by atoms with Gasteiger partial charge in [-0.05, 0) is 42.6 Å². The SMILES string of the molecule is CNC1CCc2cc(-c3cncc(OC)c3)ccc21. The second-order valence-electron chi connectivity index (χ2n) is 4.91. The van der Waals surface area contributed by atoms with Gasteiger partial charge in [-0.25, -0.2) is 0 Å². The van der Waals surface area contributed by atoms with Crippen LogP contribution in [0.5, 0.6) is 5.75 Å². The number of pyridine rings is 1. The van der Waals surface area contributed by atoms with Crippen molar-refractivity contribution in [1.29, 1.82) is 0 Å². The Morgan fingerprint density at radius 2 is 2.11 bits per heavy atom. The van der Waals surface area contributed by atoms with Crippen molar-refractivity contribution >= 4 is 0 Å². The van der Waals surface area contributed by atoms with Gasteiger partial charge >= 0.3 is 0 Å². The van der Waals surface area contributed by atoms with E-state index in [9.17, 15) is 0 Å². The zero-order valence-corrected chi connectivity index (χ0v) is 11.3. The molecule has 0 fully saturated rings. The molecule has 0 saturated heterocycles.